The molecular weight excluding hydrogens is 248 g/mol. The minimum Gasteiger partial charge on any atom is -0.492 e. The Bertz CT molecular complexity index is 550. The number of aryl methyl sites for hydroxylation is 1. The lowest BCUT2D eigenvalue weighted by atomic mass is 10.3. The number of nitrogens with one attached hydrogen (secondary N) is 1. The second-order valence-electron chi connectivity index (χ2n) is 3.81. The van der Waals surface area contributed by atoms with Gasteiger partial charge in [-0.25, -0.2) is 0 Å². The molecule has 1 aromatic carbocycles. The summed E-state index contributed by atoms with van der Waals surface area (Å²) in [5.74, 6) is 0.671. The molecule has 0 atom stereocenters. The summed E-state index contributed by atoms with van der Waals surface area (Å²) < 4.78 is 10.1. The first-order chi connectivity index (χ1) is 9.15. The molecule has 100 valence electrons. The molecule has 0 aliphatic rings. The van der Waals surface area contributed by atoms with Crippen LogP contribution in [0.4, 0.5) is 5.69 Å². The molecule has 0 saturated heterocycles. The SMILES string of the molecule is Cc1nc(C(=O)NCCOc2ccc(N)cc2)no1. The highest BCUT2D eigenvalue weighted by Crippen LogP contribution is 2.12. The maximum Gasteiger partial charge on any atom is 0.292 e. The van der Waals surface area contributed by atoms with Gasteiger partial charge in [0.15, 0.2) is 0 Å². The Hall–Kier alpha value is -2.57. The van der Waals surface area contributed by atoms with Crippen LogP contribution in [0.5, 0.6) is 5.75 Å². The van der Waals surface area contributed by atoms with E-state index in [1.807, 2.05) is 0 Å². The maximum atomic E-state index is 11.5. The van der Waals surface area contributed by atoms with Crippen LogP contribution < -0.4 is 15.8 Å². The summed E-state index contributed by atoms with van der Waals surface area (Å²) in [4.78, 5) is 15.4. The number of rotatable bonds is 5. The van der Waals surface area contributed by atoms with E-state index in [2.05, 4.69) is 15.5 Å². The van der Waals surface area contributed by atoms with Gasteiger partial charge >= 0.3 is 0 Å². The number of hydrogen-bond donors (Lipinski definition) is 2. The monoisotopic (exact) mass is 262 g/mol. The third-order valence-electron chi connectivity index (χ3n) is 2.27. The van der Waals surface area contributed by atoms with E-state index in [1.54, 1.807) is 31.2 Å². The van der Waals surface area contributed by atoms with Crippen LogP contribution in [0.1, 0.15) is 16.5 Å². The number of anilines is 1. The summed E-state index contributed by atoms with van der Waals surface area (Å²) in [6.07, 6.45) is 0. The van der Waals surface area contributed by atoms with Crippen molar-refractivity contribution in [2.45, 2.75) is 6.92 Å². The van der Waals surface area contributed by atoms with Gasteiger partial charge in [-0.05, 0) is 24.3 Å². The molecule has 0 spiro atoms. The molecule has 2 aromatic rings. The molecule has 0 bridgehead atoms. The molecule has 2 rings (SSSR count). The molecule has 1 heterocycles. The average Bonchev–Trinajstić information content (AvgIpc) is 2.83. The van der Waals surface area contributed by atoms with Crippen LogP contribution in [0.25, 0.3) is 0 Å². The van der Waals surface area contributed by atoms with Crippen molar-refractivity contribution in [1.82, 2.24) is 15.5 Å². The Balaban J connectivity index is 1.72. The largest absolute Gasteiger partial charge is 0.492 e. The third-order valence-corrected chi connectivity index (χ3v) is 2.27. The van der Waals surface area contributed by atoms with Gasteiger partial charge in [-0.3, -0.25) is 4.79 Å². The number of aromatic nitrogens is 2. The number of nitrogen functional groups attached to an aromatic ring is 1. The Kier molecular flexibility index (Phi) is 3.97. The fourth-order valence-electron chi connectivity index (χ4n) is 1.37. The molecular formula is C12H14N4O3. The van der Waals surface area contributed by atoms with Crippen LogP contribution >= 0.6 is 0 Å². The zero-order valence-electron chi connectivity index (χ0n) is 10.4. The van der Waals surface area contributed by atoms with Crippen molar-refractivity contribution in [2.24, 2.45) is 0 Å². The van der Waals surface area contributed by atoms with Crippen molar-refractivity contribution < 1.29 is 14.1 Å². The number of ether oxygens (including phenoxy) is 1. The molecule has 19 heavy (non-hydrogen) atoms. The van der Waals surface area contributed by atoms with Gasteiger partial charge in [0.25, 0.3) is 11.7 Å². The van der Waals surface area contributed by atoms with Crippen LogP contribution in [0, 0.1) is 6.92 Å². The first-order valence-electron chi connectivity index (χ1n) is 5.72. The van der Waals surface area contributed by atoms with Gasteiger partial charge < -0.3 is 20.3 Å². The predicted molar refractivity (Wildman–Crippen MR) is 67.7 cm³/mol. The molecule has 0 radical (unpaired) electrons. The third kappa shape index (κ3) is 3.70. The van der Waals surface area contributed by atoms with E-state index >= 15 is 0 Å². The van der Waals surface area contributed by atoms with Crippen molar-refractivity contribution in [1.29, 1.82) is 0 Å². The predicted octanol–water partition coefficient (Wildman–Crippen LogP) is 0.769. The van der Waals surface area contributed by atoms with E-state index in [1.165, 1.54) is 0 Å². The average molecular weight is 262 g/mol. The first-order valence-corrected chi connectivity index (χ1v) is 5.72. The van der Waals surface area contributed by atoms with Gasteiger partial charge in [-0.2, -0.15) is 4.98 Å². The van der Waals surface area contributed by atoms with E-state index in [0.717, 1.165) is 0 Å². The topological polar surface area (TPSA) is 103 Å². The van der Waals surface area contributed by atoms with Crippen LogP contribution in [0.2, 0.25) is 0 Å². The number of benzene rings is 1. The quantitative estimate of drug-likeness (QED) is 0.609. The van der Waals surface area contributed by atoms with Crippen molar-refractivity contribution in [3.63, 3.8) is 0 Å². The summed E-state index contributed by atoms with van der Waals surface area (Å²) in [7, 11) is 0. The Morgan fingerprint density at radius 1 is 1.42 bits per heavy atom. The molecule has 7 nitrogen and oxygen atoms in total. The van der Waals surface area contributed by atoms with E-state index in [-0.39, 0.29) is 5.82 Å². The summed E-state index contributed by atoms with van der Waals surface area (Å²) in [5.41, 5.74) is 6.23. The highest BCUT2D eigenvalue weighted by atomic mass is 16.5. The number of amides is 1. The highest BCUT2D eigenvalue weighted by Gasteiger charge is 2.11. The molecule has 1 amide bonds. The van der Waals surface area contributed by atoms with Gasteiger partial charge in [0.2, 0.25) is 5.89 Å². The minimum atomic E-state index is -0.391. The first kappa shape index (κ1) is 12.9. The molecule has 7 heteroatoms. The fraction of sp³-hybridized carbons (Fsp3) is 0.250. The lowest BCUT2D eigenvalue weighted by Crippen LogP contribution is -2.28. The van der Waals surface area contributed by atoms with Crippen molar-refractivity contribution in [3.8, 4) is 5.75 Å². The van der Waals surface area contributed by atoms with Gasteiger partial charge in [-0.1, -0.05) is 5.16 Å². The standard InChI is InChI=1S/C12H14N4O3/c1-8-15-11(16-19-8)12(17)14-6-7-18-10-4-2-9(13)3-5-10/h2-5H,6-7,13H2,1H3,(H,14,17). The number of hydrogen-bond acceptors (Lipinski definition) is 6. The summed E-state index contributed by atoms with van der Waals surface area (Å²) in [6, 6.07) is 7.02. The molecule has 0 aliphatic carbocycles. The Morgan fingerprint density at radius 2 is 2.16 bits per heavy atom. The number of carbonyl (C=O) groups is 1. The van der Waals surface area contributed by atoms with Gasteiger partial charge in [0.05, 0.1) is 6.54 Å². The van der Waals surface area contributed by atoms with E-state index in [9.17, 15) is 4.79 Å². The smallest absolute Gasteiger partial charge is 0.292 e. The number of carbonyl (C=O) groups excluding carboxylic acids is 1. The van der Waals surface area contributed by atoms with Crippen LogP contribution in [0.15, 0.2) is 28.8 Å². The van der Waals surface area contributed by atoms with E-state index < -0.39 is 5.91 Å². The lowest BCUT2D eigenvalue weighted by Gasteiger charge is -2.06. The minimum absolute atomic E-state index is 0.0185. The Morgan fingerprint density at radius 3 is 2.79 bits per heavy atom. The van der Waals surface area contributed by atoms with Crippen molar-refractivity contribution in [2.75, 3.05) is 18.9 Å². The molecule has 0 fully saturated rings. The van der Waals surface area contributed by atoms with Crippen molar-refractivity contribution in [3.05, 3.63) is 36.0 Å². The van der Waals surface area contributed by atoms with Gasteiger partial charge in [-0.15, -0.1) is 0 Å². The number of nitrogens with zero attached hydrogens (tertiary/aromatic N) is 2. The molecule has 3 N–H and O–H groups in total. The van der Waals surface area contributed by atoms with Crippen LogP contribution in [0.3, 0.4) is 0 Å². The maximum absolute atomic E-state index is 11.5. The van der Waals surface area contributed by atoms with Gasteiger partial charge in [0, 0.05) is 12.6 Å². The highest BCUT2D eigenvalue weighted by molar-refractivity contribution is 5.90. The molecule has 0 aliphatic heterocycles. The molecule has 0 saturated carbocycles. The zero-order chi connectivity index (χ0) is 13.7. The van der Waals surface area contributed by atoms with Crippen molar-refractivity contribution >= 4 is 11.6 Å². The summed E-state index contributed by atoms with van der Waals surface area (Å²) in [6.45, 7) is 2.30. The zero-order valence-corrected chi connectivity index (χ0v) is 10.4. The Labute approximate surface area is 109 Å². The second-order valence-corrected chi connectivity index (χ2v) is 3.81. The van der Waals surface area contributed by atoms with E-state index in [0.29, 0.717) is 30.5 Å². The second kappa shape index (κ2) is 5.85. The normalized spacial score (nSPS) is 10.2. The van der Waals surface area contributed by atoms with Crippen LogP contribution in [-0.4, -0.2) is 29.2 Å². The summed E-state index contributed by atoms with van der Waals surface area (Å²) >= 11 is 0. The van der Waals surface area contributed by atoms with E-state index in [4.69, 9.17) is 15.0 Å². The lowest BCUT2D eigenvalue weighted by molar-refractivity contribution is 0.0933. The fourth-order valence-corrected chi connectivity index (χ4v) is 1.37. The van der Waals surface area contributed by atoms with Gasteiger partial charge in [0.1, 0.15) is 12.4 Å². The number of nitrogens with two attached hydrogens (primary N) is 1. The molecule has 0 unspecified atom stereocenters. The van der Waals surface area contributed by atoms with Crippen LogP contribution in [-0.2, 0) is 0 Å². The summed E-state index contributed by atoms with van der Waals surface area (Å²) in [5, 5.41) is 6.13. The molecule has 1 aromatic heterocycles.